The van der Waals surface area contributed by atoms with Gasteiger partial charge in [0.2, 0.25) is 0 Å². The van der Waals surface area contributed by atoms with Crippen molar-refractivity contribution in [3.63, 3.8) is 0 Å². The summed E-state index contributed by atoms with van der Waals surface area (Å²) in [4.78, 5) is 14.6. The summed E-state index contributed by atoms with van der Waals surface area (Å²) in [6, 6.07) is 5.45. The van der Waals surface area contributed by atoms with Gasteiger partial charge in [-0.15, -0.1) is 0 Å². The molecule has 0 unspecified atom stereocenters. The maximum absolute atomic E-state index is 12.1. The largest absolute Gasteiger partial charge is 0.399 e. The number of carbonyl (C=O) groups excluding carboxylic acids is 1. The van der Waals surface area contributed by atoms with E-state index in [1.165, 1.54) is 32.4 Å². The van der Waals surface area contributed by atoms with Gasteiger partial charge in [0.25, 0.3) is 5.91 Å². The number of hydrogen-bond acceptors (Lipinski definition) is 3. The summed E-state index contributed by atoms with van der Waals surface area (Å²) in [5, 5.41) is 2.99. The molecule has 2 rings (SSSR count). The van der Waals surface area contributed by atoms with Crippen LogP contribution in [0, 0.1) is 6.92 Å². The fourth-order valence-corrected chi connectivity index (χ4v) is 2.67. The van der Waals surface area contributed by atoms with E-state index in [-0.39, 0.29) is 5.91 Å². The summed E-state index contributed by atoms with van der Waals surface area (Å²) < 4.78 is 0. The van der Waals surface area contributed by atoms with Crippen molar-refractivity contribution >= 4 is 11.6 Å². The number of nitrogens with two attached hydrogens (primary N) is 1. The molecule has 1 aliphatic heterocycles. The van der Waals surface area contributed by atoms with Gasteiger partial charge in [0.1, 0.15) is 0 Å². The Bertz CT molecular complexity index is 453. The van der Waals surface area contributed by atoms with Crippen LogP contribution in [0.4, 0.5) is 5.69 Å². The van der Waals surface area contributed by atoms with E-state index in [0.29, 0.717) is 11.3 Å². The average molecular weight is 275 g/mol. The Hall–Kier alpha value is -1.55. The van der Waals surface area contributed by atoms with E-state index in [0.717, 1.165) is 25.1 Å². The third-order valence-electron chi connectivity index (χ3n) is 3.89. The van der Waals surface area contributed by atoms with Crippen molar-refractivity contribution in [3.05, 3.63) is 29.3 Å². The zero-order valence-electron chi connectivity index (χ0n) is 12.3. The maximum atomic E-state index is 12.1. The number of nitrogens with one attached hydrogen (secondary N) is 1. The molecule has 0 atom stereocenters. The highest BCUT2D eigenvalue weighted by Crippen LogP contribution is 2.12. The lowest BCUT2D eigenvalue weighted by molar-refractivity contribution is 0.0950. The van der Waals surface area contributed by atoms with Gasteiger partial charge in [0.15, 0.2) is 0 Å². The van der Waals surface area contributed by atoms with Gasteiger partial charge in [-0.25, -0.2) is 0 Å². The number of amides is 1. The van der Waals surface area contributed by atoms with E-state index in [2.05, 4.69) is 10.2 Å². The average Bonchev–Trinajstić information content (AvgIpc) is 2.47. The summed E-state index contributed by atoms with van der Waals surface area (Å²) in [7, 11) is 0. The summed E-state index contributed by atoms with van der Waals surface area (Å²) in [5.74, 6) is -0.0200. The Balaban J connectivity index is 1.73. The summed E-state index contributed by atoms with van der Waals surface area (Å²) in [5.41, 5.74) is 8.01. The lowest BCUT2D eigenvalue weighted by Crippen LogP contribution is -2.33. The normalized spacial score (nSPS) is 16.1. The molecule has 1 amide bonds. The van der Waals surface area contributed by atoms with Gasteiger partial charge >= 0.3 is 0 Å². The molecular formula is C16H25N3O. The van der Waals surface area contributed by atoms with Crippen LogP contribution in [-0.4, -0.2) is 37.0 Å². The predicted molar refractivity (Wildman–Crippen MR) is 82.8 cm³/mol. The zero-order valence-corrected chi connectivity index (χ0v) is 12.3. The molecule has 0 aliphatic carbocycles. The number of aryl methyl sites for hydroxylation is 1. The molecule has 1 aromatic carbocycles. The highest BCUT2D eigenvalue weighted by Gasteiger charge is 2.11. The molecule has 1 aliphatic rings. The minimum Gasteiger partial charge on any atom is -0.399 e. The third kappa shape index (κ3) is 4.23. The summed E-state index contributed by atoms with van der Waals surface area (Å²) >= 11 is 0. The Kier molecular flexibility index (Phi) is 5.41. The second kappa shape index (κ2) is 7.29. The number of nitrogen functional groups attached to an aromatic ring is 1. The van der Waals surface area contributed by atoms with Crippen LogP contribution in [0.25, 0.3) is 0 Å². The van der Waals surface area contributed by atoms with Crippen LogP contribution in [0.3, 0.4) is 0 Å². The fourth-order valence-electron chi connectivity index (χ4n) is 2.67. The highest BCUT2D eigenvalue weighted by molar-refractivity contribution is 5.96. The monoisotopic (exact) mass is 275 g/mol. The van der Waals surface area contributed by atoms with Crippen LogP contribution in [0.5, 0.6) is 0 Å². The Labute approximate surface area is 121 Å². The van der Waals surface area contributed by atoms with Crippen LogP contribution >= 0.6 is 0 Å². The van der Waals surface area contributed by atoms with Crippen molar-refractivity contribution in [1.29, 1.82) is 0 Å². The van der Waals surface area contributed by atoms with E-state index in [1.807, 2.05) is 19.1 Å². The van der Waals surface area contributed by atoms with E-state index in [9.17, 15) is 4.79 Å². The van der Waals surface area contributed by atoms with Crippen LogP contribution in [0.15, 0.2) is 18.2 Å². The van der Waals surface area contributed by atoms with Crippen LogP contribution in [0.2, 0.25) is 0 Å². The molecule has 0 bridgehead atoms. The first-order valence-electron chi connectivity index (χ1n) is 7.53. The van der Waals surface area contributed by atoms with Crippen molar-refractivity contribution in [3.8, 4) is 0 Å². The lowest BCUT2D eigenvalue weighted by Gasteiger charge is -2.26. The van der Waals surface area contributed by atoms with E-state index in [4.69, 9.17) is 5.73 Å². The zero-order chi connectivity index (χ0) is 14.4. The van der Waals surface area contributed by atoms with Crippen LogP contribution in [-0.2, 0) is 0 Å². The standard InChI is InChI=1S/C16H25N3O/c1-13-6-7-14(17)12-15(13)16(20)18-8-5-11-19-9-3-2-4-10-19/h6-7,12H,2-5,8-11,17H2,1H3,(H,18,20). The van der Waals surface area contributed by atoms with Gasteiger partial charge in [0.05, 0.1) is 0 Å². The first-order valence-corrected chi connectivity index (χ1v) is 7.53. The van der Waals surface area contributed by atoms with Crippen LogP contribution in [0.1, 0.15) is 41.6 Å². The molecule has 0 aromatic heterocycles. The van der Waals surface area contributed by atoms with E-state index in [1.54, 1.807) is 6.07 Å². The van der Waals surface area contributed by atoms with Gasteiger partial charge in [-0.3, -0.25) is 4.79 Å². The van der Waals surface area contributed by atoms with Crippen molar-refractivity contribution in [1.82, 2.24) is 10.2 Å². The molecule has 4 heteroatoms. The van der Waals surface area contributed by atoms with Gasteiger partial charge < -0.3 is 16.0 Å². The topological polar surface area (TPSA) is 58.4 Å². The van der Waals surface area contributed by atoms with Gasteiger partial charge in [-0.2, -0.15) is 0 Å². The Morgan fingerprint density at radius 2 is 2.05 bits per heavy atom. The Morgan fingerprint density at radius 1 is 1.30 bits per heavy atom. The maximum Gasteiger partial charge on any atom is 0.251 e. The Morgan fingerprint density at radius 3 is 2.80 bits per heavy atom. The van der Waals surface area contributed by atoms with Gasteiger partial charge in [0, 0.05) is 17.8 Å². The number of likely N-dealkylation sites (tertiary alicyclic amines) is 1. The minimum atomic E-state index is -0.0200. The number of anilines is 1. The van der Waals surface area contributed by atoms with Crippen molar-refractivity contribution < 1.29 is 4.79 Å². The molecule has 3 N–H and O–H groups in total. The molecule has 110 valence electrons. The molecule has 20 heavy (non-hydrogen) atoms. The number of rotatable bonds is 5. The minimum absolute atomic E-state index is 0.0200. The smallest absolute Gasteiger partial charge is 0.251 e. The van der Waals surface area contributed by atoms with Gasteiger partial charge in [-0.1, -0.05) is 12.5 Å². The molecule has 1 fully saturated rings. The summed E-state index contributed by atoms with van der Waals surface area (Å²) in [6.07, 6.45) is 5.00. The van der Waals surface area contributed by atoms with Crippen molar-refractivity contribution in [2.75, 3.05) is 31.9 Å². The van der Waals surface area contributed by atoms with Crippen molar-refractivity contribution in [2.45, 2.75) is 32.6 Å². The predicted octanol–water partition coefficient (Wildman–Crippen LogP) is 2.18. The lowest BCUT2D eigenvalue weighted by atomic mass is 10.1. The molecule has 0 spiro atoms. The molecule has 0 saturated carbocycles. The second-order valence-electron chi connectivity index (χ2n) is 5.59. The number of benzene rings is 1. The number of carbonyl (C=O) groups is 1. The molecule has 1 aromatic rings. The number of nitrogens with zero attached hydrogens (tertiary/aromatic N) is 1. The third-order valence-corrected chi connectivity index (χ3v) is 3.89. The van der Waals surface area contributed by atoms with E-state index < -0.39 is 0 Å². The second-order valence-corrected chi connectivity index (χ2v) is 5.59. The molecule has 1 saturated heterocycles. The first-order chi connectivity index (χ1) is 9.66. The SMILES string of the molecule is Cc1ccc(N)cc1C(=O)NCCCN1CCCCC1. The number of hydrogen-bond donors (Lipinski definition) is 2. The summed E-state index contributed by atoms with van der Waals surface area (Å²) in [6.45, 7) is 6.16. The quantitative estimate of drug-likeness (QED) is 0.639. The molecule has 0 radical (unpaired) electrons. The van der Waals surface area contributed by atoms with Gasteiger partial charge in [-0.05, 0) is 63.5 Å². The molecule has 4 nitrogen and oxygen atoms in total. The molecule has 1 heterocycles. The number of piperidine rings is 1. The fraction of sp³-hybridized carbons (Fsp3) is 0.562. The van der Waals surface area contributed by atoms with Crippen molar-refractivity contribution in [2.24, 2.45) is 0 Å². The molecular weight excluding hydrogens is 250 g/mol. The first kappa shape index (κ1) is 14.9. The van der Waals surface area contributed by atoms with Crippen LogP contribution < -0.4 is 11.1 Å². The van der Waals surface area contributed by atoms with E-state index >= 15 is 0 Å². The highest BCUT2D eigenvalue weighted by atomic mass is 16.1.